The number of benzene rings is 2. The summed E-state index contributed by atoms with van der Waals surface area (Å²) in [7, 11) is 2.04. The Hall–Kier alpha value is -2.00. The second kappa shape index (κ2) is 4.59. The van der Waals surface area contributed by atoms with Crippen molar-refractivity contribution in [3.63, 3.8) is 0 Å². The van der Waals surface area contributed by atoms with Crippen LogP contribution in [0.3, 0.4) is 0 Å². The van der Waals surface area contributed by atoms with Crippen LogP contribution in [-0.2, 0) is 11.8 Å². The molecule has 0 bridgehead atoms. The van der Waals surface area contributed by atoms with Crippen molar-refractivity contribution in [2.24, 2.45) is 7.05 Å². The van der Waals surface area contributed by atoms with Gasteiger partial charge in [-0.3, -0.25) is 4.79 Å². The minimum atomic E-state index is -0.193. The molecule has 1 heterocycles. The largest absolute Gasteiger partial charge is 0.344 e. The number of anilines is 1. The molecule has 3 rings (SSSR count). The number of carbonyl (C=O) groups is 1. The van der Waals surface area contributed by atoms with E-state index in [-0.39, 0.29) is 11.8 Å². The Labute approximate surface area is 115 Å². The molecule has 0 aliphatic carbocycles. The van der Waals surface area contributed by atoms with E-state index in [1.165, 1.54) is 10.9 Å². The third-order valence-electron chi connectivity index (χ3n) is 3.32. The van der Waals surface area contributed by atoms with Crippen LogP contribution in [0.5, 0.6) is 0 Å². The number of alkyl halides is 1. The summed E-state index contributed by atoms with van der Waals surface area (Å²) in [5, 5.41) is 5.09. The monoisotopic (exact) mass is 272 g/mol. The number of hydrogen-bond donors (Lipinski definition) is 1. The SMILES string of the molecule is Cn1c2ccccc2c2cc(NC(=O)CCl)ccc21. The van der Waals surface area contributed by atoms with E-state index in [1.807, 2.05) is 37.4 Å². The summed E-state index contributed by atoms with van der Waals surface area (Å²) in [6.07, 6.45) is 0. The van der Waals surface area contributed by atoms with Gasteiger partial charge in [-0.25, -0.2) is 0 Å². The fraction of sp³-hybridized carbons (Fsp3) is 0.133. The van der Waals surface area contributed by atoms with E-state index in [9.17, 15) is 4.79 Å². The number of fused-ring (bicyclic) bond motifs is 3. The first-order chi connectivity index (χ1) is 9.20. The molecule has 0 saturated carbocycles. The summed E-state index contributed by atoms with van der Waals surface area (Å²) in [5.41, 5.74) is 3.10. The molecular weight excluding hydrogens is 260 g/mol. The molecule has 3 aromatic rings. The zero-order valence-corrected chi connectivity index (χ0v) is 11.2. The van der Waals surface area contributed by atoms with Crippen LogP contribution in [0.4, 0.5) is 5.69 Å². The van der Waals surface area contributed by atoms with Gasteiger partial charge in [0.25, 0.3) is 0 Å². The van der Waals surface area contributed by atoms with E-state index in [1.54, 1.807) is 0 Å². The van der Waals surface area contributed by atoms with Gasteiger partial charge in [-0.15, -0.1) is 11.6 Å². The van der Waals surface area contributed by atoms with Crippen LogP contribution in [0.25, 0.3) is 21.8 Å². The Kier molecular flexibility index (Phi) is 2.91. The summed E-state index contributed by atoms with van der Waals surface area (Å²) in [5.74, 6) is -0.227. The third-order valence-corrected chi connectivity index (χ3v) is 3.56. The highest BCUT2D eigenvalue weighted by molar-refractivity contribution is 6.29. The molecule has 19 heavy (non-hydrogen) atoms. The van der Waals surface area contributed by atoms with E-state index in [2.05, 4.69) is 22.0 Å². The highest BCUT2D eigenvalue weighted by Gasteiger charge is 2.08. The van der Waals surface area contributed by atoms with E-state index in [4.69, 9.17) is 11.6 Å². The lowest BCUT2D eigenvalue weighted by atomic mass is 10.1. The Morgan fingerprint density at radius 2 is 1.89 bits per heavy atom. The average molecular weight is 273 g/mol. The van der Waals surface area contributed by atoms with Crippen molar-refractivity contribution in [1.29, 1.82) is 0 Å². The number of rotatable bonds is 2. The molecular formula is C15H13ClN2O. The maximum atomic E-state index is 11.3. The van der Waals surface area contributed by atoms with Crippen LogP contribution in [-0.4, -0.2) is 16.4 Å². The van der Waals surface area contributed by atoms with E-state index in [0.717, 1.165) is 16.6 Å². The molecule has 3 nitrogen and oxygen atoms in total. The van der Waals surface area contributed by atoms with Crippen molar-refractivity contribution < 1.29 is 4.79 Å². The fourth-order valence-corrected chi connectivity index (χ4v) is 2.51. The van der Waals surface area contributed by atoms with Crippen LogP contribution < -0.4 is 5.32 Å². The van der Waals surface area contributed by atoms with Crippen LogP contribution in [0, 0.1) is 0 Å². The molecule has 1 N–H and O–H groups in total. The number of carbonyl (C=O) groups excluding carboxylic acids is 1. The standard InChI is InChI=1S/C15H13ClN2O/c1-18-13-5-3-2-4-11(13)12-8-10(6-7-14(12)18)17-15(19)9-16/h2-8H,9H2,1H3,(H,17,19). The van der Waals surface area contributed by atoms with Crippen molar-refractivity contribution >= 4 is 45.0 Å². The first-order valence-corrected chi connectivity index (χ1v) is 6.57. The Morgan fingerprint density at radius 1 is 1.16 bits per heavy atom. The Morgan fingerprint density at radius 3 is 2.68 bits per heavy atom. The number of aryl methyl sites for hydroxylation is 1. The number of nitrogens with one attached hydrogen (secondary N) is 1. The van der Waals surface area contributed by atoms with Crippen molar-refractivity contribution in [3.8, 4) is 0 Å². The van der Waals surface area contributed by atoms with E-state index in [0.29, 0.717) is 0 Å². The second-order valence-corrected chi connectivity index (χ2v) is 4.76. The van der Waals surface area contributed by atoms with Gasteiger partial charge in [0.15, 0.2) is 0 Å². The van der Waals surface area contributed by atoms with Crippen LogP contribution in [0.1, 0.15) is 0 Å². The topological polar surface area (TPSA) is 34.0 Å². The van der Waals surface area contributed by atoms with Crippen LogP contribution in [0.2, 0.25) is 0 Å². The summed E-state index contributed by atoms with van der Waals surface area (Å²) < 4.78 is 2.15. The van der Waals surface area contributed by atoms with Gasteiger partial charge >= 0.3 is 0 Å². The minimum Gasteiger partial charge on any atom is -0.344 e. The quantitative estimate of drug-likeness (QED) is 0.712. The number of amides is 1. The average Bonchev–Trinajstić information content (AvgIpc) is 2.73. The fourth-order valence-electron chi connectivity index (χ4n) is 2.44. The Bertz CT molecular complexity index is 776. The summed E-state index contributed by atoms with van der Waals surface area (Å²) in [6, 6.07) is 14.1. The lowest BCUT2D eigenvalue weighted by Gasteiger charge is -2.03. The highest BCUT2D eigenvalue weighted by atomic mass is 35.5. The maximum absolute atomic E-state index is 11.3. The molecule has 0 fully saturated rings. The van der Waals surface area contributed by atoms with E-state index < -0.39 is 0 Å². The maximum Gasteiger partial charge on any atom is 0.239 e. The van der Waals surface area contributed by atoms with Crippen molar-refractivity contribution in [2.75, 3.05) is 11.2 Å². The summed E-state index contributed by atoms with van der Waals surface area (Å²) >= 11 is 5.50. The molecule has 96 valence electrons. The second-order valence-electron chi connectivity index (χ2n) is 4.49. The molecule has 0 atom stereocenters. The van der Waals surface area contributed by atoms with Gasteiger partial charge in [-0.2, -0.15) is 0 Å². The predicted molar refractivity (Wildman–Crippen MR) is 79.8 cm³/mol. The molecule has 0 unspecified atom stereocenters. The number of halogens is 1. The minimum absolute atomic E-state index is 0.0342. The molecule has 2 aromatic carbocycles. The van der Waals surface area contributed by atoms with Gasteiger partial charge in [0.1, 0.15) is 5.88 Å². The van der Waals surface area contributed by atoms with E-state index >= 15 is 0 Å². The predicted octanol–water partition coefficient (Wildman–Crippen LogP) is 3.51. The highest BCUT2D eigenvalue weighted by Crippen LogP contribution is 2.29. The molecule has 0 radical (unpaired) electrons. The Balaban J connectivity index is 2.22. The number of hydrogen-bond acceptors (Lipinski definition) is 1. The zero-order chi connectivity index (χ0) is 13.4. The van der Waals surface area contributed by atoms with Gasteiger partial charge in [0, 0.05) is 34.5 Å². The number of aromatic nitrogens is 1. The first-order valence-electron chi connectivity index (χ1n) is 6.03. The van der Waals surface area contributed by atoms with Crippen LogP contribution >= 0.6 is 11.6 Å². The number of nitrogens with zero attached hydrogens (tertiary/aromatic N) is 1. The summed E-state index contributed by atoms with van der Waals surface area (Å²) in [4.78, 5) is 11.3. The molecule has 0 spiro atoms. The molecule has 0 saturated heterocycles. The lowest BCUT2D eigenvalue weighted by molar-refractivity contribution is -0.113. The van der Waals surface area contributed by atoms with Crippen molar-refractivity contribution in [2.45, 2.75) is 0 Å². The molecule has 1 aromatic heterocycles. The molecule has 1 amide bonds. The van der Waals surface area contributed by atoms with Gasteiger partial charge in [0.2, 0.25) is 5.91 Å². The van der Waals surface area contributed by atoms with Crippen LogP contribution in [0.15, 0.2) is 42.5 Å². The van der Waals surface area contributed by atoms with Gasteiger partial charge in [-0.05, 0) is 24.3 Å². The normalized spacial score (nSPS) is 11.1. The van der Waals surface area contributed by atoms with Gasteiger partial charge in [-0.1, -0.05) is 18.2 Å². The molecule has 0 aliphatic rings. The van der Waals surface area contributed by atoms with Crippen molar-refractivity contribution in [1.82, 2.24) is 4.57 Å². The van der Waals surface area contributed by atoms with Gasteiger partial charge < -0.3 is 9.88 Å². The molecule has 4 heteroatoms. The number of para-hydroxylation sites is 1. The summed E-state index contributed by atoms with van der Waals surface area (Å²) in [6.45, 7) is 0. The van der Waals surface area contributed by atoms with Crippen molar-refractivity contribution in [3.05, 3.63) is 42.5 Å². The first kappa shape index (κ1) is 12.1. The smallest absolute Gasteiger partial charge is 0.239 e. The zero-order valence-electron chi connectivity index (χ0n) is 10.5. The lowest BCUT2D eigenvalue weighted by Crippen LogP contribution is -2.12. The molecule has 0 aliphatic heterocycles. The third kappa shape index (κ3) is 1.96. The van der Waals surface area contributed by atoms with Gasteiger partial charge in [0.05, 0.1) is 0 Å².